The number of aromatic nitrogens is 1. The number of sulfone groups is 1. The first-order chi connectivity index (χ1) is 12.4. The minimum absolute atomic E-state index is 0.103. The standard InChI is InChI=1S/C19H22N2O4S/c1-25-16-9-4-3-8-15(16)19(22)21-12-6-7-14(13-21)18-17(26(2,23)24)10-5-11-20-18/h3-5,8-11,14H,6-7,12-13H2,1-2H3. The minimum atomic E-state index is -3.37. The maximum Gasteiger partial charge on any atom is 0.257 e. The molecule has 1 unspecified atom stereocenters. The summed E-state index contributed by atoms with van der Waals surface area (Å²) in [5, 5.41) is 0. The van der Waals surface area contributed by atoms with Crippen LogP contribution in [0.25, 0.3) is 0 Å². The third kappa shape index (κ3) is 3.72. The van der Waals surface area contributed by atoms with Crippen LogP contribution in [0, 0.1) is 0 Å². The summed E-state index contributed by atoms with van der Waals surface area (Å²) in [6.45, 7) is 1.07. The predicted molar refractivity (Wildman–Crippen MR) is 98.2 cm³/mol. The highest BCUT2D eigenvalue weighted by Crippen LogP contribution is 2.31. The van der Waals surface area contributed by atoms with E-state index in [9.17, 15) is 13.2 Å². The zero-order chi connectivity index (χ0) is 18.7. The number of pyridine rings is 1. The lowest BCUT2D eigenvalue weighted by atomic mass is 9.93. The number of amides is 1. The van der Waals surface area contributed by atoms with E-state index in [4.69, 9.17) is 4.74 Å². The van der Waals surface area contributed by atoms with E-state index >= 15 is 0 Å². The molecule has 2 heterocycles. The van der Waals surface area contributed by atoms with Gasteiger partial charge in [0.2, 0.25) is 0 Å². The summed E-state index contributed by atoms with van der Waals surface area (Å²) < 4.78 is 29.5. The Morgan fingerprint density at radius 1 is 1.23 bits per heavy atom. The van der Waals surface area contributed by atoms with Gasteiger partial charge >= 0.3 is 0 Å². The molecular formula is C19H22N2O4S. The molecule has 0 radical (unpaired) electrons. The van der Waals surface area contributed by atoms with E-state index in [1.165, 1.54) is 13.4 Å². The average Bonchev–Trinajstić information content (AvgIpc) is 2.67. The Hall–Kier alpha value is -2.41. The Bertz CT molecular complexity index is 911. The third-order valence-corrected chi connectivity index (χ3v) is 5.78. The molecule has 1 fully saturated rings. The Kier molecular flexibility index (Phi) is 5.27. The van der Waals surface area contributed by atoms with Crippen molar-refractivity contribution < 1.29 is 17.9 Å². The average molecular weight is 374 g/mol. The minimum Gasteiger partial charge on any atom is -0.496 e. The number of nitrogens with zero attached hydrogens (tertiary/aromatic N) is 2. The van der Waals surface area contributed by atoms with Gasteiger partial charge in [-0.1, -0.05) is 12.1 Å². The molecule has 2 aromatic rings. The van der Waals surface area contributed by atoms with Gasteiger partial charge in [-0.2, -0.15) is 0 Å². The molecule has 7 heteroatoms. The molecule has 0 bridgehead atoms. The van der Waals surface area contributed by atoms with Gasteiger partial charge < -0.3 is 9.64 Å². The Morgan fingerprint density at radius 2 is 2.00 bits per heavy atom. The molecule has 0 aliphatic carbocycles. The van der Waals surface area contributed by atoms with Gasteiger partial charge in [0.1, 0.15) is 5.75 Å². The van der Waals surface area contributed by atoms with Crippen LogP contribution in [0.15, 0.2) is 47.5 Å². The molecule has 3 rings (SSSR count). The van der Waals surface area contributed by atoms with Crippen molar-refractivity contribution in [2.75, 3.05) is 26.5 Å². The first-order valence-electron chi connectivity index (χ1n) is 8.49. The number of piperidine rings is 1. The van der Waals surface area contributed by atoms with Crippen LogP contribution >= 0.6 is 0 Å². The summed E-state index contributed by atoms with van der Waals surface area (Å²) in [4.78, 5) is 19.3. The number of carbonyl (C=O) groups excluding carboxylic acids is 1. The van der Waals surface area contributed by atoms with Crippen molar-refractivity contribution in [3.05, 3.63) is 53.9 Å². The molecule has 1 saturated heterocycles. The molecule has 1 aliphatic rings. The Balaban J connectivity index is 1.88. The lowest BCUT2D eigenvalue weighted by molar-refractivity contribution is 0.0701. The van der Waals surface area contributed by atoms with Crippen LogP contribution in [0.1, 0.15) is 34.8 Å². The van der Waals surface area contributed by atoms with Gasteiger partial charge in [0.05, 0.1) is 23.3 Å². The van der Waals surface area contributed by atoms with Crippen LogP contribution in [0.3, 0.4) is 0 Å². The second-order valence-electron chi connectivity index (χ2n) is 6.45. The van der Waals surface area contributed by atoms with E-state index in [0.717, 1.165) is 12.8 Å². The number of benzene rings is 1. The molecule has 1 aromatic heterocycles. The maximum absolute atomic E-state index is 12.9. The van der Waals surface area contributed by atoms with Crippen molar-refractivity contribution in [3.8, 4) is 5.75 Å². The first kappa shape index (κ1) is 18.4. The monoisotopic (exact) mass is 374 g/mol. The van der Waals surface area contributed by atoms with Crippen molar-refractivity contribution >= 4 is 15.7 Å². The molecule has 0 N–H and O–H groups in total. The van der Waals surface area contributed by atoms with E-state index in [2.05, 4.69) is 4.98 Å². The lowest BCUT2D eigenvalue weighted by Gasteiger charge is -2.33. The summed E-state index contributed by atoms with van der Waals surface area (Å²) in [6.07, 6.45) is 4.39. The molecule has 0 saturated carbocycles. The molecule has 138 valence electrons. The van der Waals surface area contributed by atoms with Crippen molar-refractivity contribution in [1.29, 1.82) is 0 Å². The fourth-order valence-electron chi connectivity index (χ4n) is 3.40. The molecule has 6 nitrogen and oxygen atoms in total. The molecule has 1 amide bonds. The summed E-state index contributed by atoms with van der Waals surface area (Å²) >= 11 is 0. The Labute approximate surface area is 153 Å². The van der Waals surface area contributed by atoms with Crippen molar-refractivity contribution in [3.63, 3.8) is 0 Å². The molecule has 0 spiro atoms. The fourth-order valence-corrected chi connectivity index (χ4v) is 4.32. The highest BCUT2D eigenvalue weighted by atomic mass is 32.2. The largest absolute Gasteiger partial charge is 0.496 e. The van der Waals surface area contributed by atoms with Gasteiger partial charge in [0, 0.05) is 31.5 Å². The quantitative estimate of drug-likeness (QED) is 0.822. The number of methoxy groups -OCH3 is 1. The zero-order valence-electron chi connectivity index (χ0n) is 14.9. The number of rotatable bonds is 4. The number of ether oxygens (including phenoxy) is 1. The molecule has 1 aliphatic heterocycles. The van der Waals surface area contributed by atoms with Crippen LogP contribution < -0.4 is 4.74 Å². The van der Waals surface area contributed by atoms with Gasteiger partial charge in [-0.25, -0.2) is 8.42 Å². The van der Waals surface area contributed by atoms with Crippen molar-refractivity contribution in [2.24, 2.45) is 0 Å². The smallest absolute Gasteiger partial charge is 0.257 e. The number of likely N-dealkylation sites (tertiary alicyclic amines) is 1. The van der Waals surface area contributed by atoms with E-state index in [-0.39, 0.29) is 16.7 Å². The van der Waals surface area contributed by atoms with Gasteiger partial charge in [0.25, 0.3) is 5.91 Å². The third-order valence-electron chi connectivity index (χ3n) is 4.63. The van der Waals surface area contributed by atoms with Crippen molar-refractivity contribution in [2.45, 2.75) is 23.7 Å². The fraction of sp³-hybridized carbons (Fsp3) is 0.368. The topological polar surface area (TPSA) is 76.6 Å². The van der Waals surface area contributed by atoms with E-state index < -0.39 is 9.84 Å². The SMILES string of the molecule is COc1ccccc1C(=O)N1CCCC(c2ncccc2S(C)(=O)=O)C1. The molecule has 26 heavy (non-hydrogen) atoms. The molecule has 1 atom stereocenters. The highest BCUT2D eigenvalue weighted by Gasteiger charge is 2.30. The van der Waals surface area contributed by atoms with E-state index in [0.29, 0.717) is 30.1 Å². The van der Waals surface area contributed by atoms with Crippen LogP contribution in [0.4, 0.5) is 0 Å². The van der Waals surface area contributed by atoms with Crippen molar-refractivity contribution in [1.82, 2.24) is 9.88 Å². The summed E-state index contributed by atoms with van der Waals surface area (Å²) in [7, 11) is -1.83. The van der Waals surface area contributed by atoms with Crippen LogP contribution in [0.5, 0.6) is 5.75 Å². The van der Waals surface area contributed by atoms with E-state index in [1.54, 1.807) is 41.4 Å². The van der Waals surface area contributed by atoms with Gasteiger partial charge in [0.15, 0.2) is 9.84 Å². The zero-order valence-corrected chi connectivity index (χ0v) is 15.7. The van der Waals surface area contributed by atoms with Gasteiger partial charge in [-0.3, -0.25) is 9.78 Å². The second-order valence-corrected chi connectivity index (χ2v) is 8.43. The number of carbonyl (C=O) groups is 1. The summed E-state index contributed by atoms with van der Waals surface area (Å²) in [6, 6.07) is 10.3. The van der Waals surface area contributed by atoms with Crippen LogP contribution in [0.2, 0.25) is 0 Å². The van der Waals surface area contributed by atoms with E-state index in [1.807, 2.05) is 6.07 Å². The van der Waals surface area contributed by atoms with Gasteiger partial charge in [-0.15, -0.1) is 0 Å². The summed E-state index contributed by atoms with van der Waals surface area (Å²) in [5.41, 5.74) is 1.06. The Morgan fingerprint density at radius 3 is 2.73 bits per heavy atom. The number of para-hydroxylation sites is 1. The maximum atomic E-state index is 12.9. The summed E-state index contributed by atoms with van der Waals surface area (Å²) in [5.74, 6) is 0.326. The van der Waals surface area contributed by atoms with Crippen LogP contribution in [-0.4, -0.2) is 50.7 Å². The number of hydrogen-bond donors (Lipinski definition) is 0. The first-order valence-corrected chi connectivity index (χ1v) is 10.4. The normalized spacial score (nSPS) is 17.8. The second kappa shape index (κ2) is 7.45. The molecule has 1 aromatic carbocycles. The number of hydrogen-bond acceptors (Lipinski definition) is 5. The highest BCUT2D eigenvalue weighted by molar-refractivity contribution is 7.90. The molecular weight excluding hydrogens is 352 g/mol. The lowest BCUT2D eigenvalue weighted by Crippen LogP contribution is -2.39. The predicted octanol–water partition coefficient (Wildman–Crippen LogP) is 2.51. The van der Waals surface area contributed by atoms with Crippen LogP contribution in [-0.2, 0) is 9.84 Å². The van der Waals surface area contributed by atoms with Gasteiger partial charge in [-0.05, 0) is 37.1 Å².